The van der Waals surface area contributed by atoms with E-state index in [4.69, 9.17) is 39.2 Å². The molecule has 0 aliphatic carbocycles. The summed E-state index contributed by atoms with van der Waals surface area (Å²) in [6, 6.07) is 7.03. The van der Waals surface area contributed by atoms with E-state index in [1.54, 1.807) is 24.5 Å². The zero-order valence-electron chi connectivity index (χ0n) is 7.88. The summed E-state index contributed by atoms with van der Waals surface area (Å²) in [6.45, 7) is 0. The van der Waals surface area contributed by atoms with Crippen LogP contribution in [-0.2, 0) is 0 Å². The van der Waals surface area contributed by atoms with Crippen molar-refractivity contribution in [3.05, 3.63) is 56.4 Å². The van der Waals surface area contributed by atoms with Crippen LogP contribution in [0.2, 0.25) is 10.0 Å². The van der Waals surface area contributed by atoms with Crippen LogP contribution < -0.4 is 0 Å². The molecule has 1 atom stereocenters. The monoisotopic (exact) mass is 338 g/mol. The van der Waals surface area contributed by atoms with Gasteiger partial charge in [0.25, 0.3) is 0 Å². The Morgan fingerprint density at radius 1 is 1.12 bits per heavy atom. The van der Waals surface area contributed by atoms with Gasteiger partial charge in [-0.1, -0.05) is 29.3 Å². The zero-order chi connectivity index (χ0) is 11.7. The molecule has 1 heterocycles. The summed E-state index contributed by atoms with van der Waals surface area (Å²) < 4.78 is 5.74. The van der Waals surface area contributed by atoms with Gasteiger partial charge >= 0.3 is 0 Å². The lowest BCUT2D eigenvalue weighted by molar-refractivity contribution is 0.537. The fourth-order valence-corrected chi connectivity index (χ4v) is 2.90. The molecule has 0 N–H and O–H groups in total. The number of hydrogen-bond donors (Lipinski definition) is 0. The van der Waals surface area contributed by atoms with E-state index in [2.05, 4.69) is 15.9 Å². The van der Waals surface area contributed by atoms with Gasteiger partial charge in [0, 0.05) is 15.6 Å². The first kappa shape index (κ1) is 12.3. The molecule has 0 fully saturated rings. The molecule has 0 amide bonds. The Morgan fingerprint density at radius 2 is 1.88 bits per heavy atom. The zero-order valence-corrected chi connectivity index (χ0v) is 11.7. The summed E-state index contributed by atoms with van der Waals surface area (Å²) in [7, 11) is 0. The van der Waals surface area contributed by atoms with Crippen LogP contribution in [0.3, 0.4) is 0 Å². The van der Waals surface area contributed by atoms with Crippen LogP contribution >= 0.6 is 50.7 Å². The molecule has 5 heteroatoms. The van der Waals surface area contributed by atoms with Crippen LogP contribution in [-0.4, -0.2) is 0 Å². The summed E-state index contributed by atoms with van der Waals surface area (Å²) in [4.78, 5) is 0. The van der Waals surface area contributed by atoms with Crippen LogP contribution in [0.15, 0.2) is 39.6 Å². The van der Waals surface area contributed by atoms with Crippen molar-refractivity contribution < 1.29 is 4.42 Å². The van der Waals surface area contributed by atoms with E-state index < -0.39 is 0 Å². The summed E-state index contributed by atoms with van der Waals surface area (Å²) >= 11 is 21.5. The van der Waals surface area contributed by atoms with Crippen LogP contribution in [0, 0.1) is 0 Å². The maximum atomic E-state index is 6.32. The number of halogens is 4. The quantitative estimate of drug-likeness (QED) is 0.641. The van der Waals surface area contributed by atoms with Crippen molar-refractivity contribution >= 4 is 50.7 Å². The molecule has 0 radical (unpaired) electrons. The number of furan rings is 1. The molecule has 0 saturated carbocycles. The number of hydrogen-bond acceptors (Lipinski definition) is 1. The minimum atomic E-state index is -0.363. The molecule has 0 saturated heterocycles. The van der Waals surface area contributed by atoms with E-state index in [1.807, 2.05) is 6.07 Å². The first-order valence-electron chi connectivity index (χ1n) is 4.41. The smallest absolute Gasteiger partial charge is 0.173 e. The van der Waals surface area contributed by atoms with E-state index in [0.29, 0.717) is 14.7 Å². The molecule has 0 spiro atoms. The average Bonchev–Trinajstić information content (AvgIpc) is 2.63. The Balaban J connectivity index is 2.41. The van der Waals surface area contributed by atoms with Gasteiger partial charge in [-0.3, -0.25) is 0 Å². The highest BCUT2D eigenvalue weighted by atomic mass is 79.9. The minimum Gasteiger partial charge on any atom is -0.457 e. The Morgan fingerprint density at radius 3 is 2.44 bits per heavy atom. The molecule has 84 valence electrons. The van der Waals surface area contributed by atoms with Gasteiger partial charge in [-0.2, -0.15) is 0 Å². The van der Waals surface area contributed by atoms with E-state index in [-0.39, 0.29) is 5.38 Å². The third-order valence-corrected chi connectivity index (χ3v) is 3.83. The molecule has 1 aromatic heterocycles. The number of benzene rings is 1. The highest BCUT2D eigenvalue weighted by molar-refractivity contribution is 9.10. The van der Waals surface area contributed by atoms with Crippen molar-refractivity contribution in [2.24, 2.45) is 0 Å². The SMILES string of the molecule is Clc1ccc(C(Cl)c2ccoc2Br)c(Cl)c1. The topological polar surface area (TPSA) is 13.1 Å². The predicted octanol–water partition coefficient (Wildman–Crippen LogP) is 5.68. The molecule has 2 aromatic rings. The normalized spacial score (nSPS) is 12.8. The predicted molar refractivity (Wildman–Crippen MR) is 70.6 cm³/mol. The molecule has 2 rings (SSSR count). The Labute approximate surface area is 116 Å². The van der Waals surface area contributed by atoms with Crippen molar-refractivity contribution in [3.8, 4) is 0 Å². The lowest BCUT2D eigenvalue weighted by Crippen LogP contribution is -1.93. The fourth-order valence-electron chi connectivity index (χ4n) is 1.36. The molecule has 1 unspecified atom stereocenters. The van der Waals surface area contributed by atoms with Gasteiger partial charge in [0.15, 0.2) is 4.67 Å². The molecule has 0 bridgehead atoms. The van der Waals surface area contributed by atoms with Gasteiger partial charge < -0.3 is 4.42 Å². The average molecular weight is 340 g/mol. The van der Waals surface area contributed by atoms with Crippen LogP contribution in [0.4, 0.5) is 0 Å². The van der Waals surface area contributed by atoms with E-state index >= 15 is 0 Å². The molecular weight excluding hydrogens is 334 g/mol. The molecular formula is C11H6BrCl3O. The van der Waals surface area contributed by atoms with E-state index in [1.165, 1.54) is 0 Å². The highest BCUT2D eigenvalue weighted by Crippen LogP contribution is 2.38. The Kier molecular flexibility index (Phi) is 3.85. The van der Waals surface area contributed by atoms with E-state index in [0.717, 1.165) is 11.1 Å². The molecule has 16 heavy (non-hydrogen) atoms. The lowest BCUT2D eigenvalue weighted by Gasteiger charge is -2.10. The second-order valence-electron chi connectivity index (χ2n) is 3.18. The summed E-state index contributed by atoms with van der Waals surface area (Å²) in [5.74, 6) is 0. The lowest BCUT2D eigenvalue weighted by atomic mass is 10.1. The first-order valence-corrected chi connectivity index (χ1v) is 6.40. The van der Waals surface area contributed by atoms with Gasteiger partial charge in [0.2, 0.25) is 0 Å². The van der Waals surface area contributed by atoms with Crippen molar-refractivity contribution in [3.63, 3.8) is 0 Å². The molecule has 1 nitrogen and oxygen atoms in total. The third-order valence-electron chi connectivity index (χ3n) is 2.15. The molecule has 0 aliphatic heterocycles. The van der Waals surface area contributed by atoms with Crippen LogP contribution in [0.25, 0.3) is 0 Å². The second kappa shape index (κ2) is 5.01. The van der Waals surface area contributed by atoms with Gasteiger partial charge in [-0.25, -0.2) is 0 Å². The van der Waals surface area contributed by atoms with Crippen molar-refractivity contribution in [1.29, 1.82) is 0 Å². The summed E-state index contributed by atoms with van der Waals surface area (Å²) in [5, 5.41) is 0.766. The molecule has 0 aliphatic rings. The largest absolute Gasteiger partial charge is 0.457 e. The van der Waals surface area contributed by atoms with Crippen molar-refractivity contribution in [2.75, 3.05) is 0 Å². The summed E-state index contributed by atoms with van der Waals surface area (Å²) in [6.07, 6.45) is 1.57. The van der Waals surface area contributed by atoms with E-state index in [9.17, 15) is 0 Å². The fraction of sp³-hybridized carbons (Fsp3) is 0.0909. The van der Waals surface area contributed by atoms with Gasteiger partial charge in [-0.15, -0.1) is 11.6 Å². The summed E-state index contributed by atoms with van der Waals surface area (Å²) in [5.41, 5.74) is 1.64. The highest BCUT2D eigenvalue weighted by Gasteiger charge is 2.18. The first-order chi connectivity index (χ1) is 7.59. The Hall–Kier alpha value is -0.150. The van der Waals surface area contributed by atoms with Crippen LogP contribution in [0.1, 0.15) is 16.5 Å². The van der Waals surface area contributed by atoms with Gasteiger partial charge in [0.1, 0.15) is 0 Å². The number of alkyl halides is 1. The maximum Gasteiger partial charge on any atom is 0.173 e. The maximum absolute atomic E-state index is 6.32. The molecule has 1 aromatic carbocycles. The number of rotatable bonds is 2. The van der Waals surface area contributed by atoms with Gasteiger partial charge in [-0.05, 0) is 39.7 Å². The van der Waals surface area contributed by atoms with Gasteiger partial charge in [0.05, 0.1) is 11.6 Å². The minimum absolute atomic E-state index is 0.363. The van der Waals surface area contributed by atoms with Crippen molar-refractivity contribution in [1.82, 2.24) is 0 Å². The third kappa shape index (κ3) is 2.40. The Bertz CT molecular complexity index is 510. The van der Waals surface area contributed by atoms with Crippen LogP contribution in [0.5, 0.6) is 0 Å². The second-order valence-corrected chi connectivity index (χ2v) is 5.18. The van der Waals surface area contributed by atoms with Crippen molar-refractivity contribution in [2.45, 2.75) is 5.38 Å². The standard InChI is InChI=1S/C11H6BrCl3O/c12-11-8(3-4-16-11)10(15)7-2-1-6(13)5-9(7)14/h1-5,10H.